The predicted molar refractivity (Wildman–Crippen MR) is 117 cm³/mol. The molecule has 0 saturated carbocycles. The van der Waals surface area contributed by atoms with Gasteiger partial charge in [0.05, 0.1) is 6.61 Å². The molecule has 0 aliphatic rings. The van der Waals surface area contributed by atoms with E-state index in [4.69, 9.17) is 4.74 Å². The number of hydrogen-bond acceptors (Lipinski definition) is 3. The number of nitrogens with zero attached hydrogens (tertiary/aromatic N) is 1. The molecule has 4 nitrogen and oxygen atoms in total. The summed E-state index contributed by atoms with van der Waals surface area (Å²) in [5, 5.41) is 3.93. The number of allylic oxidation sites excluding steroid dienone is 1. The molecule has 28 heavy (non-hydrogen) atoms. The van der Waals surface area contributed by atoms with Gasteiger partial charge in [-0.25, -0.2) is 5.43 Å². The third-order valence-corrected chi connectivity index (χ3v) is 4.30. The molecule has 2 aromatic carbocycles. The minimum atomic E-state index is -0.244. The van der Waals surface area contributed by atoms with Crippen LogP contribution in [0.2, 0.25) is 0 Å². The summed E-state index contributed by atoms with van der Waals surface area (Å²) < 4.78 is 5.73. The van der Waals surface area contributed by atoms with E-state index in [0.29, 0.717) is 5.56 Å². The summed E-state index contributed by atoms with van der Waals surface area (Å²) in [6.07, 6.45) is 12.7. The summed E-state index contributed by atoms with van der Waals surface area (Å²) in [6.45, 7) is 2.94. The van der Waals surface area contributed by atoms with E-state index >= 15 is 0 Å². The standard InChI is InChI=1S/C24H30N2O2/c1-2-3-4-5-6-10-20-28-23-17-15-22(16-18-23)24(27)26-25-19-11-14-21-12-8-7-9-13-21/h7-9,11-19H,2-6,10,20H2,1H3,(H,26,27). The Kier molecular flexibility index (Phi) is 10.2. The van der Waals surface area contributed by atoms with E-state index in [1.54, 1.807) is 24.4 Å². The van der Waals surface area contributed by atoms with Crippen molar-refractivity contribution < 1.29 is 9.53 Å². The lowest BCUT2D eigenvalue weighted by atomic mass is 10.1. The number of hydrogen-bond donors (Lipinski definition) is 1. The zero-order valence-electron chi connectivity index (χ0n) is 16.6. The van der Waals surface area contributed by atoms with Crippen LogP contribution >= 0.6 is 0 Å². The normalized spacial score (nSPS) is 11.2. The van der Waals surface area contributed by atoms with Crippen LogP contribution in [0.3, 0.4) is 0 Å². The van der Waals surface area contributed by atoms with Gasteiger partial charge in [0, 0.05) is 11.8 Å². The van der Waals surface area contributed by atoms with Crippen molar-refractivity contribution >= 4 is 18.2 Å². The van der Waals surface area contributed by atoms with Gasteiger partial charge in [-0.15, -0.1) is 0 Å². The molecule has 0 saturated heterocycles. The van der Waals surface area contributed by atoms with Crippen LogP contribution in [-0.4, -0.2) is 18.7 Å². The lowest BCUT2D eigenvalue weighted by Gasteiger charge is -2.07. The van der Waals surface area contributed by atoms with Crippen LogP contribution in [0, 0.1) is 0 Å². The van der Waals surface area contributed by atoms with E-state index in [1.165, 1.54) is 32.1 Å². The van der Waals surface area contributed by atoms with Crippen molar-refractivity contribution in [1.29, 1.82) is 0 Å². The Bertz CT molecular complexity index is 737. The second-order valence-corrected chi connectivity index (χ2v) is 6.63. The van der Waals surface area contributed by atoms with E-state index in [1.807, 2.05) is 48.5 Å². The van der Waals surface area contributed by atoms with Crippen molar-refractivity contribution in [3.8, 4) is 5.75 Å². The van der Waals surface area contributed by atoms with Crippen LogP contribution in [0.15, 0.2) is 65.8 Å². The number of carbonyl (C=O) groups excluding carboxylic acids is 1. The number of carbonyl (C=O) groups is 1. The zero-order valence-corrected chi connectivity index (χ0v) is 16.6. The van der Waals surface area contributed by atoms with Crippen LogP contribution in [0.25, 0.3) is 6.08 Å². The smallest absolute Gasteiger partial charge is 0.271 e. The Morgan fingerprint density at radius 3 is 2.43 bits per heavy atom. The Labute approximate surface area is 168 Å². The van der Waals surface area contributed by atoms with Gasteiger partial charge in [-0.2, -0.15) is 5.10 Å². The fraction of sp³-hybridized carbons (Fsp3) is 0.333. The molecule has 2 aromatic rings. The van der Waals surface area contributed by atoms with E-state index in [0.717, 1.165) is 24.3 Å². The number of ether oxygens (including phenoxy) is 1. The first-order chi connectivity index (χ1) is 13.8. The fourth-order valence-electron chi connectivity index (χ4n) is 2.70. The number of amides is 1. The summed E-state index contributed by atoms with van der Waals surface area (Å²) in [6, 6.07) is 17.1. The minimum Gasteiger partial charge on any atom is -0.494 e. The third kappa shape index (κ3) is 8.67. The fourth-order valence-corrected chi connectivity index (χ4v) is 2.70. The van der Waals surface area contributed by atoms with E-state index in [-0.39, 0.29) is 5.91 Å². The maximum absolute atomic E-state index is 12.1. The van der Waals surface area contributed by atoms with Crippen LogP contribution in [0.5, 0.6) is 5.75 Å². The summed E-state index contributed by atoms with van der Waals surface area (Å²) >= 11 is 0. The molecule has 0 heterocycles. The van der Waals surface area contributed by atoms with Crippen molar-refractivity contribution in [3.63, 3.8) is 0 Å². The van der Waals surface area contributed by atoms with Crippen molar-refractivity contribution in [2.45, 2.75) is 45.4 Å². The van der Waals surface area contributed by atoms with Crippen LogP contribution in [0.1, 0.15) is 61.4 Å². The molecule has 1 amide bonds. The molecular formula is C24H30N2O2. The minimum absolute atomic E-state index is 0.244. The van der Waals surface area contributed by atoms with Gasteiger partial charge in [-0.1, -0.05) is 75.4 Å². The molecule has 148 valence electrons. The van der Waals surface area contributed by atoms with Gasteiger partial charge in [-0.05, 0) is 42.3 Å². The highest BCUT2D eigenvalue weighted by Gasteiger charge is 2.04. The van der Waals surface area contributed by atoms with Crippen LogP contribution in [-0.2, 0) is 0 Å². The molecule has 2 rings (SSSR count). The molecule has 0 spiro atoms. The Morgan fingerprint density at radius 2 is 1.68 bits per heavy atom. The van der Waals surface area contributed by atoms with Gasteiger partial charge < -0.3 is 4.74 Å². The summed E-state index contributed by atoms with van der Waals surface area (Å²) in [5.41, 5.74) is 4.15. The molecule has 4 heteroatoms. The van der Waals surface area contributed by atoms with Crippen LogP contribution in [0.4, 0.5) is 0 Å². The first-order valence-corrected chi connectivity index (χ1v) is 10.1. The van der Waals surface area contributed by atoms with Gasteiger partial charge in [0.2, 0.25) is 0 Å². The third-order valence-electron chi connectivity index (χ3n) is 4.30. The van der Waals surface area contributed by atoms with Crippen molar-refractivity contribution in [2.24, 2.45) is 5.10 Å². The van der Waals surface area contributed by atoms with Gasteiger partial charge in [-0.3, -0.25) is 4.79 Å². The van der Waals surface area contributed by atoms with E-state index in [2.05, 4.69) is 17.5 Å². The Balaban J connectivity index is 1.67. The molecule has 1 N–H and O–H groups in total. The van der Waals surface area contributed by atoms with E-state index in [9.17, 15) is 4.79 Å². The molecule has 0 aromatic heterocycles. The molecule has 0 aliphatic heterocycles. The molecule has 0 unspecified atom stereocenters. The van der Waals surface area contributed by atoms with Crippen molar-refractivity contribution in [2.75, 3.05) is 6.61 Å². The Hall–Kier alpha value is -2.88. The van der Waals surface area contributed by atoms with Gasteiger partial charge >= 0.3 is 0 Å². The maximum atomic E-state index is 12.1. The second-order valence-electron chi connectivity index (χ2n) is 6.63. The quantitative estimate of drug-likeness (QED) is 0.286. The summed E-state index contributed by atoms with van der Waals surface area (Å²) in [7, 11) is 0. The summed E-state index contributed by atoms with van der Waals surface area (Å²) in [5.74, 6) is 0.547. The highest BCUT2D eigenvalue weighted by atomic mass is 16.5. The van der Waals surface area contributed by atoms with Gasteiger partial charge in [0.15, 0.2) is 0 Å². The average molecular weight is 379 g/mol. The molecule has 0 aliphatic carbocycles. The Morgan fingerprint density at radius 1 is 0.964 bits per heavy atom. The monoisotopic (exact) mass is 378 g/mol. The SMILES string of the molecule is CCCCCCCCOc1ccc(C(=O)NN=CC=Cc2ccccc2)cc1. The molecule has 0 radical (unpaired) electrons. The highest BCUT2D eigenvalue weighted by Crippen LogP contribution is 2.13. The molecular weight excluding hydrogens is 348 g/mol. The van der Waals surface area contributed by atoms with Crippen molar-refractivity contribution in [3.05, 3.63) is 71.8 Å². The lowest BCUT2D eigenvalue weighted by Crippen LogP contribution is -2.17. The van der Waals surface area contributed by atoms with Crippen molar-refractivity contribution in [1.82, 2.24) is 5.43 Å². The molecule has 0 atom stereocenters. The molecule has 0 fully saturated rings. The number of benzene rings is 2. The summed E-state index contributed by atoms with van der Waals surface area (Å²) in [4.78, 5) is 12.1. The predicted octanol–water partition coefficient (Wildman–Crippen LogP) is 5.85. The lowest BCUT2D eigenvalue weighted by molar-refractivity contribution is 0.0955. The highest BCUT2D eigenvalue weighted by molar-refractivity contribution is 5.94. The number of rotatable bonds is 12. The topological polar surface area (TPSA) is 50.7 Å². The largest absolute Gasteiger partial charge is 0.494 e. The number of hydrazone groups is 1. The van der Waals surface area contributed by atoms with Gasteiger partial charge in [0.25, 0.3) is 5.91 Å². The first kappa shape index (κ1) is 21.4. The molecule has 0 bridgehead atoms. The zero-order chi connectivity index (χ0) is 19.9. The number of nitrogens with one attached hydrogen (secondary N) is 1. The first-order valence-electron chi connectivity index (χ1n) is 10.1. The maximum Gasteiger partial charge on any atom is 0.271 e. The number of unbranched alkanes of at least 4 members (excludes halogenated alkanes) is 5. The van der Waals surface area contributed by atoms with Gasteiger partial charge in [0.1, 0.15) is 5.75 Å². The van der Waals surface area contributed by atoms with E-state index < -0.39 is 0 Å². The average Bonchev–Trinajstić information content (AvgIpc) is 2.74. The van der Waals surface area contributed by atoms with Crippen LogP contribution < -0.4 is 10.2 Å². The second kappa shape index (κ2) is 13.3.